The minimum atomic E-state index is -0.182. The van der Waals surface area contributed by atoms with Gasteiger partial charge in [-0.2, -0.15) is 0 Å². The third-order valence-electron chi connectivity index (χ3n) is 2.53. The molecule has 17 heavy (non-hydrogen) atoms. The highest BCUT2D eigenvalue weighted by molar-refractivity contribution is 7.99. The van der Waals surface area contributed by atoms with Gasteiger partial charge >= 0.3 is 0 Å². The maximum absolute atomic E-state index is 13.0. The van der Waals surface area contributed by atoms with Gasteiger partial charge in [0, 0.05) is 16.7 Å². The molecule has 1 nitrogen and oxygen atoms in total. The van der Waals surface area contributed by atoms with Crippen LogP contribution in [0.5, 0.6) is 0 Å². The summed E-state index contributed by atoms with van der Waals surface area (Å²) in [6.45, 7) is 6.66. The van der Waals surface area contributed by atoms with Crippen LogP contribution in [0, 0.1) is 11.2 Å². The normalized spacial score (nSPS) is 13.7. The van der Waals surface area contributed by atoms with Gasteiger partial charge in [0.25, 0.3) is 0 Å². The first-order valence-corrected chi connectivity index (χ1v) is 6.99. The summed E-state index contributed by atoms with van der Waals surface area (Å²) in [6, 6.07) is 6.86. The first-order chi connectivity index (χ1) is 7.87. The molecule has 1 aromatic rings. The van der Waals surface area contributed by atoms with Crippen LogP contribution >= 0.6 is 11.8 Å². The Morgan fingerprint density at radius 2 is 2.06 bits per heavy atom. The Bertz CT molecular complexity index is 346. The van der Waals surface area contributed by atoms with Gasteiger partial charge in [-0.1, -0.05) is 26.8 Å². The lowest BCUT2D eigenvalue weighted by Gasteiger charge is -2.20. The largest absolute Gasteiger partial charge is 0.327 e. The third-order valence-corrected chi connectivity index (χ3v) is 3.71. The molecular weight excluding hydrogens is 233 g/mol. The van der Waals surface area contributed by atoms with Gasteiger partial charge in [-0.15, -0.1) is 11.8 Å². The first kappa shape index (κ1) is 14.5. The highest BCUT2D eigenvalue weighted by atomic mass is 32.2. The van der Waals surface area contributed by atoms with E-state index >= 15 is 0 Å². The zero-order valence-electron chi connectivity index (χ0n) is 10.9. The molecule has 0 aliphatic rings. The topological polar surface area (TPSA) is 26.0 Å². The molecule has 0 aliphatic heterocycles. The maximum atomic E-state index is 13.0. The Labute approximate surface area is 108 Å². The van der Waals surface area contributed by atoms with Gasteiger partial charge in [-0.05, 0) is 36.5 Å². The second-order valence-corrected chi connectivity index (χ2v) is 6.72. The highest BCUT2D eigenvalue weighted by Gasteiger charge is 2.13. The van der Waals surface area contributed by atoms with Crippen molar-refractivity contribution in [3.63, 3.8) is 0 Å². The van der Waals surface area contributed by atoms with E-state index in [-0.39, 0.29) is 11.9 Å². The van der Waals surface area contributed by atoms with Crippen LogP contribution in [0.15, 0.2) is 29.2 Å². The number of rotatable bonds is 5. The number of nitrogens with two attached hydrogens (primary N) is 1. The van der Waals surface area contributed by atoms with E-state index < -0.39 is 0 Å². The van der Waals surface area contributed by atoms with Crippen LogP contribution in [0.3, 0.4) is 0 Å². The summed E-state index contributed by atoms with van der Waals surface area (Å²) >= 11 is 1.63. The molecule has 0 radical (unpaired) electrons. The van der Waals surface area contributed by atoms with Gasteiger partial charge in [0.05, 0.1) is 0 Å². The summed E-state index contributed by atoms with van der Waals surface area (Å²) in [5.41, 5.74) is 6.39. The fourth-order valence-electron chi connectivity index (χ4n) is 1.46. The second kappa shape index (κ2) is 6.41. The van der Waals surface area contributed by atoms with Gasteiger partial charge in [0.1, 0.15) is 5.82 Å². The van der Waals surface area contributed by atoms with Gasteiger partial charge in [0.2, 0.25) is 0 Å². The van der Waals surface area contributed by atoms with Crippen molar-refractivity contribution in [2.24, 2.45) is 11.1 Å². The summed E-state index contributed by atoms with van der Waals surface area (Å²) in [5.74, 6) is 0.665. The Morgan fingerprint density at radius 1 is 1.35 bits per heavy atom. The van der Waals surface area contributed by atoms with Crippen LogP contribution in [0.2, 0.25) is 0 Å². The van der Waals surface area contributed by atoms with Crippen LogP contribution in [-0.2, 0) is 0 Å². The molecule has 0 bridgehead atoms. The highest BCUT2D eigenvalue weighted by Crippen LogP contribution is 2.24. The Hall–Kier alpha value is -0.540. The molecule has 0 amide bonds. The van der Waals surface area contributed by atoms with Crippen molar-refractivity contribution in [3.8, 4) is 0 Å². The molecule has 0 spiro atoms. The predicted molar refractivity (Wildman–Crippen MR) is 73.8 cm³/mol. The predicted octanol–water partition coefficient (Wildman–Crippen LogP) is 4.07. The number of halogens is 1. The first-order valence-electron chi connectivity index (χ1n) is 6.01. The second-order valence-electron chi connectivity index (χ2n) is 5.63. The van der Waals surface area contributed by atoms with Gasteiger partial charge in [0.15, 0.2) is 0 Å². The standard InChI is InChI=1S/C14H22FNS/c1-14(2,3)8-7-12(16)10-17-13-6-4-5-11(15)9-13/h4-6,9,12H,7-8,10,16H2,1-3H3. The van der Waals surface area contributed by atoms with Crippen LogP contribution in [0.25, 0.3) is 0 Å². The SMILES string of the molecule is CC(C)(C)CCC(N)CSc1cccc(F)c1. The molecule has 1 unspecified atom stereocenters. The average molecular weight is 255 g/mol. The van der Waals surface area contributed by atoms with E-state index in [2.05, 4.69) is 20.8 Å². The summed E-state index contributed by atoms with van der Waals surface area (Å²) in [4.78, 5) is 0.955. The minimum absolute atomic E-state index is 0.182. The molecule has 2 N–H and O–H groups in total. The van der Waals surface area contributed by atoms with E-state index in [4.69, 9.17) is 5.73 Å². The van der Waals surface area contributed by atoms with Crippen molar-refractivity contribution in [2.75, 3.05) is 5.75 Å². The average Bonchev–Trinajstić information content (AvgIpc) is 2.23. The Kier molecular flexibility index (Phi) is 5.47. The van der Waals surface area contributed by atoms with Crippen molar-refractivity contribution in [1.82, 2.24) is 0 Å². The molecular formula is C14H22FNS. The third kappa shape index (κ3) is 6.69. The number of hydrogen-bond donors (Lipinski definition) is 1. The van der Waals surface area contributed by atoms with Crippen LogP contribution in [0.4, 0.5) is 4.39 Å². The van der Waals surface area contributed by atoms with E-state index in [9.17, 15) is 4.39 Å². The molecule has 96 valence electrons. The van der Waals surface area contributed by atoms with Crippen LogP contribution in [-0.4, -0.2) is 11.8 Å². The molecule has 0 aromatic heterocycles. The molecule has 0 saturated carbocycles. The zero-order valence-corrected chi connectivity index (χ0v) is 11.7. The van der Waals surface area contributed by atoms with Crippen LogP contribution < -0.4 is 5.73 Å². The molecule has 1 aromatic carbocycles. The molecule has 1 rings (SSSR count). The Morgan fingerprint density at radius 3 is 2.65 bits per heavy atom. The molecule has 3 heteroatoms. The van der Waals surface area contributed by atoms with E-state index in [1.165, 1.54) is 6.07 Å². The lowest BCUT2D eigenvalue weighted by Crippen LogP contribution is -2.24. The molecule has 0 heterocycles. The lowest BCUT2D eigenvalue weighted by atomic mass is 9.89. The number of thioether (sulfide) groups is 1. The molecule has 0 fully saturated rings. The summed E-state index contributed by atoms with van der Waals surface area (Å²) in [5, 5.41) is 0. The summed E-state index contributed by atoms with van der Waals surface area (Å²) < 4.78 is 13.0. The van der Waals surface area contributed by atoms with Gasteiger partial charge in [-0.25, -0.2) is 4.39 Å². The van der Waals surface area contributed by atoms with Crippen molar-refractivity contribution in [3.05, 3.63) is 30.1 Å². The van der Waals surface area contributed by atoms with Crippen molar-refractivity contribution in [2.45, 2.75) is 44.6 Å². The summed E-state index contributed by atoms with van der Waals surface area (Å²) in [6.07, 6.45) is 2.14. The van der Waals surface area contributed by atoms with E-state index in [1.807, 2.05) is 6.07 Å². The monoisotopic (exact) mass is 255 g/mol. The van der Waals surface area contributed by atoms with Crippen LogP contribution in [0.1, 0.15) is 33.6 Å². The fraction of sp³-hybridized carbons (Fsp3) is 0.571. The van der Waals surface area contributed by atoms with Gasteiger partial charge in [-0.3, -0.25) is 0 Å². The number of hydrogen-bond acceptors (Lipinski definition) is 2. The van der Waals surface area contributed by atoms with Gasteiger partial charge < -0.3 is 5.73 Å². The fourth-order valence-corrected chi connectivity index (χ4v) is 2.41. The quantitative estimate of drug-likeness (QED) is 0.803. The van der Waals surface area contributed by atoms with Crippen molar-refractivity contribution in [1.29, 1.82) is 0 Å². The Balaban J connectivity index is 2.31. The maximum Gasteiger partial charge on any atom is 0.124 e. The summed E-state index contributed by atoms with van der Waals surface area (Å²) in [7, 11) is 0. The van der Waals surface area contributed by atoms with E-state index in [0.717, 1.165) is 23.5 Å². The molecule has 1 atom stereocenters. The van der Waals surface area contributed by atoms with Crippen molar-refractivity contribution >= 4 is 11.8 Å². The molecule has 0 saturated heterocycles. The molecule has 0 aliphatic carbocycles. The van der Waals surface area contributed by atoms with Crippen molar-refractivity contribution < 1.29 is 4.39 Å². The lowest BCUT2D eigenvalue weighted by molar-refractivity contribution is 0.353. The minimum Gasteiger partial charge on any atom is -0.327 e. The zero-order chi connectivity index (χ0) is 12.9. The van der Waals surface area contributed by atoms with E-state index in [1.54, 1.807) is 23.9 Å². The smallest absolute Gasteiger partial charge is 0.124 e. The number of benzene rings is 1. The van der Waals surface area contributed by atoms with E-state index in [0.29, 0.717) is 5.41 Å².